The van der Waals surface area contributed by atoms with Gasteiger partial charge in [0.2, 0.25) is 5.78 Å². The van der Waals surface area contributed by atoms with Gasteiger partial charge in [-0.3, -0.25) is 4.79 Å². The van der Waals surface area contributed by atoms with Crippen LogP contribution in [0.25, 0.3) is 22.4 Å². The average Bonchev–Trinajstić information content (AvgIpc) is 3.19. The third-order valence-corrected chi connectivity index (χ3v) is 4.23. The van der Waals surface area contributed by atoms with Crippen LogP contribution in [0.15, 0.2) is 84.9 Å². The van der Waals surface area contributed by atoms with Crippen molar-refractivity contribution in [1.82, 2.24) is 15.0 Å². The molecule has 5 nitrogen and oxygen atoms in total. The van der Waals surface area contributed by atoms with Crippen molar-refractivity contribution < 1.29 is 4.79 Å². The standard InChI is InChI=1S/C23H16N4O/c24-23(18-11-5-2-6-12-18)21(15-16-22(28)17-9-3-1-4-10-17)27-20-14-8-7-13-19(20)25-26-27/h1-14H,24H2/b23-21+. The Kier molecular flexibility index (Phi) is 4.68. The molecule has 3 aromatic carbocycles. The lowest BCUT2D eigenvalue weighted by molar-refractivity contribution is 0.105. The van der Waals surface area contributed by atoms with Gasteiger partial charge in [0.05, 0.1) is 11.2 Å². The molecule has 1 aromatic heterocycles. The zero-order chi connectivity index (χ0) is 19.3. The van der Waals surface area contributed by atoms with Crippen molar-refractivity contribution in [1.29, 1.82) is 0 Å². The maximum Gasteiger partial charge on any atom is 0.236 e. The maximum atomic E-state index is 12.5. The number of carbonyl (C=O) groups excluding carboxylic acids is 1. The minimum atomic E-state index is -0.289. The van der Waals surface area contributed by atoms with E-state index in [1.165, 1.54) is 0 Å². The van der Waals surface area contributed by atoms with E-state index in [1.54, 1.807) is 28.9 Å². The van der Waals surface area contributed by atoms with Crippen molar-refractivity contribution in [2.75, 3.05) is 0 Å². The van der Waals surface area contributed by atoms with Gasteiger partial charge in [0.25, 0.3) is 0 Å². The van der Waals surface area contributed by atoms with E-state index in [1.807, 2.05) is 60.7 Å². The van der Waals surface area contributed by atoms with Crippen molar-refractivity contribution >= 4 is 28.2 Å². The molecule has 0 aliphatic carbocycles. The lowest BCUT2D eigenvalue weighted by Crippen LogP contribution is -2.08. The van der Waals surface area contributed by atoms with Gasteiger partial charge in [-0.05, 0) is 24.0 Å². The van der Waals surface area contributed by atoms with Crippen molar-refractivity contribution in [3.63, 3.8) is 0 Å². The van der Waals surface area contributed by atoms with Gasteiger partial charge in [-0.25, -0.2) is 4.68 Å². The predicted molar refractivity (Wildman–Crippen MR) is 110 cm³/mol. The summed E-state index contributed by atoms with van der Waals surface area (Å²) in [5, 5.41) is 8.38. The smallest absolute Gasteiger partial charge is 0.236 e. The van der Waals surface area contributed by atoms with E-state index in [0.29, 0.717) is 17.0 Å². The Morgan fingerprint density at radius 2 is 1.39 bits per heavy atom. The van der Waals surface area contributed by atoms with Crippen LogP contribution in [-0.4, -0.2) is 20.8 Å². The second-order valence-electron chi connectivity index (χ2n) is 6.06. The topological polar surface area (TPSA) is 73.8 Å². The summed E-state index contributed by atoms with van der Waals surface area (Å²) in [6.07, 6.45) is 0. The van der Waals surface area contributed by atoms with Gasteiger partial charge < -0.3 is 5.73 Å². The van der Waals surface area contributed by atoms with E-state index in [4.69, 9.17) is 5.73 Å². The third-order valence-electron chi connectivity index (χ3n) is 4.23. The van der Waals surface area contributed by atoms with Gasteiger partial charge in [-0.1, -0.05) is 78.0 Å². The summed E-state index contributed by atoms with van der Waals surface area (Å²) in [5.74, 6) is 5.33. The fraction of sp³-hybridized carbons (Fsp3) is 0. The molecule has 2 N–H and O–H groups in total. The number of aromatic nitrogens is 3. The Balaban J connectivity index is 1.86. The number of allylic oxidation sites excluding steroid dienone is 1. The number of Topliss-reactive ketones (excluding diaryl/α,β-unsaturated/α-hetero) is 1. The second-order valence-corrected chi connectivity index (χ2v) is 6.06. The van der Waals surface area contributed by atoms with Gasteiger partial charge >= 0.3 is 0 Å². The molecule has 0 saturated heterocycles. The van der Waals surface area contributed by atoms with Crippen molar-refractivity contribution in [3.05, 3.63) is 96.1 Å². The zero-order valence-corrected chi connectivity index (χ0v) is 14.9. The highest BCUT2D eigenvalue weighted by molar-refractivity contribution is 6.10. The van der Waals surface area contributed by atoms with Crippen LogP contribution in [0.4, 0.5) is 0 Å². The highest BCUT2D eigenvalue weighted by atomic mass is 16.1. The van der Waals surface area contributed by atoms with E-state index in [-0.39, 0.29) is 5.78 Å². The Morgan fingerprint density at radius 3 is 2.11 bits per heavy atom. The Labute approximate surface area is 162 Å². The molecule has 0 bridgehead atoms. The lowest BCUT2D eigenvalue weighted by Gasteiger charge is -2.07. The number of benzene rings is 3. The molecular weight excluding hydrogens is 348 g/mol. The quantitative estimate of drug-likeness (QED) is 0.342. The molecule has 0 aliphatic heterocycles. The number of fused-ring (bicyclic) bond motifs is 1. The minimum Gasteiger partial charge on any atom is -0.396 e. The van der Waals surface area contributed by atoms with Crippen LogP contribution >= 0.6 is 0 Å². The van der Waals surface area contributed by atoms with Crippen LogP contribution in [0.2, 0.25) is 0 Å². The molecule has 4 rings (SSSR count). The Hall–Kier alpha value is -4.17. The van der Waals surface area contributed by atoms with E-state index in [0.717, 1.165) is 16.6 Å². The molecule has 4 aromatic rings. The van der Waals surface area contributed by atoms with Crippen LogP contribution in [0.3, 0.4) is 0 Å². The summed E-state index contributed by atoms with van der Waals surface area (Å²) in [6.45, 7) is 0. The van der Waals surface area contributed by atoms with Crippen LogP contribution < -0.4 is 5.73 Å². The molecule has 0 fully saturated rings. The molecule has 0 radical (unpaired) electrons. The number of para-hydroxylation sites is 1. The fourth-order valence-corrected chi connectivity index (χ4v) is 2.80. The zero-order valence-electron chi connectivity index (χ0n) is 14.9. The number of ketones is 1. The summed E-state index contributed by atoms with van der Waals surface area (Å²) in [4.78, 5) is 12.5. The number of rotatable bonds is 3. The Morgan fingerprint density at radius 1 is 0.786 bits per heavy atom. The van der Waals surface area contributed by atoms with Gasteiger partial charge in [-0.15, -0.1) is 5.10 Å². The van der Waals surface area contributed by atoms with Crippen molar-refractivity contribution in [3.8, 4) is 11.8 Å². The SMILES string of the molecule is N/C(=C(\C#CC(=O)c1ccccc1)n1nnc2ccccc21)c1ccccc1. The molecule has 0 amide bonds. The summed E-state index contributed by atoms with van der Waals surface area (Å²) in [7, 11) is 0. The van der Waals surface area contributed by atoms with E-state index in [2.05, 4.69) is 22.2 Å². The third kappa shape index (κ3) is 3.39. The first-order valence-corrected chi connectivity index (χ1v) is 8.71. The number of hydrogen-bond donors (Lipinski definition) is 1. The summed E-state index contributed by atoms with van der Waals surface area (Å²) in [6, 6.07) is 25.9. The predicted octanol–water partition coefficient (Wildman–Crippen LogP) is 3.60. The normalized spacial score (nSPS) is 11.4. The number of carbonyl (C=O) groups is 1. The summed E-state index contributed by atoms with van der Waals surface area (Å²) in [5.41, 5.74) is 10.0. The fourth-order valence-electron chi connectivity index (χ4n) is 2.80. The highest BCUT2D eigenvalue weighted by Crippen LogP contribution is 2.20. The molecule has 0 saturated carbocycles. The van der Waals surface area contributed by atoms with E-state index < -0.39 is 0 Å². The lowest BCUT2D eigenvalue weighted by atomic mass is 10.1. The van der Waals surface area contributed by atoms with E-state index in [9.17, 15) is 4.79 Å². The molecular formula is C23H16N4O. The second kappa shape index (κ2) is 7.60. The van der Waals surface area contributed by atoms with Gasteiger partial charge in [0.15, 0.2) is 0 Å². The number of nitrogens with zero attached hydrogens (tertiary/aromatic N) is 3. The summed E-state index contributed by atoms with van der Waals surface area (Å²) >= 11 is 0. The van der Waals surface area contributed by atoms with E-state index >= 15 is 0 Å². The van der Waals surface area contributed by atoms with Crippen LogP contribution in [-0.2, 0) is 0 Å². The van der Waals surface area contributed by atoms with Gasteiger partial charge in [0.1, 0.15) is 11.2 Å². The van der Waals surface area contributed by atoms with Gasteiger partial charge in [0, 0.05) is 11.1 Å². The van der Waals surface area contributed by atoms with Crippen LogP contribution in [0.5, 0.6) is 0 Å². The molecule has 28 heavy (non-hydrogen) atoms. The van der Waals surface area contributed by atoms with Gasteiger partial charge in [-0.2, -0.15) is 0 Å². The Bertz CT molecular complexity index is 1230. The first-order chi connectivity index (χ1) is 13.7. The van der Waals surface area contributed by atoms with Crippen molar-refractivity contribution in [2.24, 2.45) is 5.73 Å². The molecule has 134 valence electrons. The molecule has 0 unspecified atom stereocenters. The monoisotopic (exact) mass is 364 g/mol. The molecule has 1 heterocycles. The molecule has 0 aliphatic rings. The summed E-state index contributed by atoms with van der Waals surface area (Å²) < 4.78 is 1.57. The first-order valence-electron chi connectivity index (χ1n) is 8.71. The first kappa shape index (κ1) is 17.3. The van der Waals surface area contributed by atoms with Crippen LogP contribution in [0.1, 0.15) is 15.9 Å². The highest BCUT2D eigenvalue weighted by Gasteiger charge is 2.12. The maximum absolute atomic E-state index is 12.5. The molecule has 0 spiro atoms. The largest absolute Gasteiger partial charge is 0.396 e. The molecule has 0 atom stereocenters. The number of hydrogen-bond acceptors (Lipinski definition) is 4. The minimum absolute atomic E-state index is 0.289. The number of nitrogens with two attached hydrogens (primary N) is 1. The average molecular weight is 364 g/mol. The molecule has 5 heteroatoms. The van der Waals surface area contributed by atoms with Crippen LogP contribution in [0, 0.1) is 11.8 Å². The van der Waals surface area contributed by atoms with Crippen molar-refractivity contribution in [2.45, 2.75) is 0 Å².